The second kappa shape index (κ2) is 3.86. The lowest BCUT2D eigenvalue weighted by Gasteiger charge is -2.14. The third-order valence-electron chi connectivity index (χ3n) is 1.01. The van der Waals surface area contributed by atoms with Crippen molar-refractivity contribution in [3.63, 3.8) is 0 Å². The summed E-state index contributed by atoms with van der Waals surface area (Å²) in [5, 5.41) is 0. The third-order valence-corrected chi connectivity index (χ3v) is 2.84. The molecule has 0 aromatic heterocycles. The maximum Gasteiger partial charge on any atom is 0.367 e. The molecule has 1 atom stereocenters. The summed E-state index contributed by atoms with van der Waals surface area (Å²) >= 11 is 0. The summed E-state index contributed by atoms with van der Waals surface area (Å²) < 4.78 is 32.2. The van der Waals surface area contributed by atoms with Gasteiger partial charge in [0, 0.05) is 14.2 Å². The van der Waals surface area contributed by atoms with E-state index in [2.05, 4.69) is 15.6 Å². The van der Waals surface area contributed by atoms with Gasteiger partial charge >= 0.3 is 7.60 Å². The van der Waals surface area contributed by atoms with Crippen molar-refractivity contribution in [3.05, 3.63) is 12.7 Å². The van der Waals surface area contributed by atoms with Crippen molar-refractivity contribution in [1.29, 1.82) is 0 Å². The van der Waals surface area contributed by atoms with Gasteiger partial charge in [-0.05, 0) is 6.08 Å². The maximum atomic E-state index is 12.6. The predicted octanol–water partition coefficient (Wildman–Crippen LogP) is 1.95. The molecule has 1 unspecified atom stereocenters. The van der Waals surface area contributed by atoms with Crippen molar-refractivity contribution in [2.24, 2.45) is 0 Å². The highest BCUT2D eigenvalue weighted by Gasteiger charge is 2.31. The second-order valence-corrected chi connectivity index (χ2v) is 3.82. The van der Waals surface area contributed by atoms with Crippen molar-refractivity contribution >= 4 is 7.60 Å². The van der Waals surface area contributed by atoms with E-state index >= 15 is 0 Å². The van der Waals surface area contributed by atoms with Crippen molar-refractivity contribution in [2.45, 2.75) is 5.91 Å². The van der Waals surface area contributed by atoms with Crippen LogP contribution in [0.4, 0.5) is 4.39 Å². The molecule has 0 aromatic rings. The van der Waals surface area contributed by atoms with Crippen molar-refractivity contribution in [3.8, 4) is 0 Å². The van der Waals surface area contributed by atoms with E-state index in [-0.39, 0.29) is 0 Å². The first-order valence-corrected chi connectivity index (χ1v) is 4.19. The van der Waals surface area contributed by atoms with Gasteiger partial charge in [0.15, 0.2) is 0 Å². The van der Waals surface area contributed by atoms with Crippen LogP contribution in [-0.2, 0) is 13.6 Å². The third kappa shape index (κ3) is 1.90. The molecule has 0 amide bonds. The maximum absolute atomic E-state index is 12.6. The van der Waals surface area contributed by atoms with Gasteiger partial charge in [0.1, 0.15) is 0 Å². The first-order valence-electron chi connectivity index (χ1n) is 2.58. The van der Waals surface area contributed by atoms with Crippen molar-refractivity contribution in [2.75, 3.05) is 14.2 Å². The smallest absolute Gasteiger partial charge is 0.310 e. The van der Waals surface area contributed by atoms with E-state index in [9.17, 15) is 8.96 Å². The largest absolute Gasteiger partial charge is 0.367 e. The van der Waals surface area contributed by atoms with Gasteiger partial charge in [0.25, 0.3) is 0 Å². The highest BCUT2D eigenvalue weighted by atomic mass is 31.2. The zero-order valence-corrected chi connectivity index (χ0v) is 6.81. The number of alkyl halides is 1. The van der Waals surface area contributed by atoms with Crippen LogP contribution >= 0.6 is 7.60 Å². The molecule has 0 saturated carbocycles. The summed E-state index contributed by atoms with van der Waals surface area (Å²) in [6.45, 7) is 3.12. The summed E-state index contributed by atoms with van der Waals surface area (Å²) in [4.78, 5) is 0. The number of allylic oxidation sites excluding steroid dienone is 1. The van der Waals surface area contributed by atoms with Crippen LogP contribution < -0.4 is 0 Å². The minimum Gasteiger partial charge on any atom is -0.310 e. The van der Waals surface area contributed by atoms with E-state index < -0.39 is 13.5 Å². The minimum absolute atomic E-state index is 0.883. The lowest BCUT2D eigenvalue weighted by atomic mass is 10.7. The van der Waals surface area contributed by atoms with E-state index in [1.54, 1.807) is 0 Å². The van der Waals surface area contributed by atoms with Gasteiger partial charge in [-0.2, -0.15) is 0 Å². The average molecular weight is 168 g/mol. The van der Waals surface area contributed by atoms with E-state index in [1.807, 2.05) is 0 Å². The average Bonchev–Trinajstić information content (AvgIpc) is 2.01. The Morgan fingerprint density at radius 3 is 2.10 bits per heavy atom. The van der Waals surface area contributed by atoms with Gasteiger partial charge in [-0.25, -0.2) is 4.39 Å². The Morgan fingerprint density at radius 1 is 1.60 bits per heavy atom. The topological polar surface area (TPSA) is 35.5 Å². The summed E-state index contributed by atoms with van der Waals surface area (Å²) in [7, 11) is -1.31. The van der Waals surface area contributed by atoms with Crippen LogP contribution in [0.5, 0.6) is 0 Å². The molecule has 0 radical (unpaired) electrons. The fraction of sp³-hybridized carbons (Fsp3) is 0.600. The molecule has 0 aliphatic rings. The summed E-state index contributed by atoms with van der Waals surface area (Å²) in [6.07, 6.45) is 0.883. The normalized spacial score (nSPS) is 14.7. The Labute approximate surface area is 59.4 Å². The van der Waals surface area contributed by atoms with Crippen LogP contribution in [0.3, 0.4) is 0 Å². The quantitative estimate of drug-likeness (QED) is 0.475. The molecule has 0 bridgehead atoms. The molecule has 0 saturated heterocycles. The van der Waals surface area contributed by atoms with E-state index in [0.717, 1.165) is 20.3 Å². The standard InChI is InChI=1S/C5H10FO3P/c1-4-5(6)10(7,8-2)9-3/h4-5H,1H2,2-3H3. The molecule has 60 valence electrons. The molecule has 0 rings (SSSR count). The number of hydrogen-bond acceptors (Lipinski definition) is 3. The Balaban J connectivity index is 4.32. The van der Waals surface area contributed by atoms with Crippen LogP contribution in [0.25, 0.3) is 0 Å². The predicted molar refractivity (Wildman–Crippen MR) is 36.7 cm³/mol. The van der Waals surface area contributed by atoms with Crippen LogP contribution in [0.2, 0.25) is 0 Å². The Hall–Kier alpha value is -0.180. The molecule has 3 nitrogen and oxygen atoms in total. The van der Waals surface area contributed by atoms with E-state index in [0.29, 0.717) is 0 Å². The van der Waals surface area contributed by atoms with Gasteiger partial charge in [0.2, 0.25) is 5.91 Å². The SMILES string of the molecule is C=CC(F)P(=O)(OC)OC. The van der Waals surface area contributed by atoms with Gasteiger partial charge < -0.3 is 9.05 Å². The highest BCUT2D eigenvalue weighted by molar-refractivity contribution is 7.54. The zero-order chi connectivity index (χ0) is 8.20. The first-order chi connectivity index (χ1) is 4.60. The van der Waals surface area contributed by atoms with Crippen LogP contribution in [0, 0.1) is 0 Å². The summed E-state index contributed by atoms with van der Waals surface area (Å²) in [6, 6.07) is 0. The van der Waals surface area contributed by atoms with Gasteiger partial charge in [-0.3, -0.25) is 4.57 Å². The summed E-state index contributed by atoms with van der Waals surface area (Å²) in [5.41, 5.74) is 0. The van der Waals surface area contributed by atoms with E-state index in [4.69, 9.17) is 0 Å². The lowest BCUT2D eigenvalue weighted by Crippen LogP contribution is -2.00. The zero-order valence-electron chi connectivity index (χ0n) is 5.91. The Morgan fingerprint density at radius 2 is 2.00 bits per heavy atom. The highest BCUT2D eigenvalue weighted by Crippen LogP contribution is 2.52. The van der Waals surface area contributed by atoms with Crippen LogP contribution in [0.15, 0.2) is 12.7 Å². The molecule has 0 aliphatic heterocycles. The number of hydrogen-bond donors (Lipinski definition) is 0. The fourth-order valence-electron chi connectivity index (χ4n) is 0.405. The molecule has 0 fully saturated rings. The fourth-order valence-corrected chi connectivity index (χ4v) is 1.22. The second-order valence-electron chi connectivity index (χ2n) is 1.51. The Bertz CT molecular complexity index is 151. The summed E-state index contributed by atoms with van der Waals surface area (Å²) in [5.74, 6) is -1.75. The lowest BCUT2D eigenvalue weighted by molar-refractivity contribution is 0.247. The van der Waals surface area contributed by atoms with Crippen LogP contribution in [0.1, 0.15) is 0 Å². The minimum atomic E-state index is -3.56. The number of halogens is 1. The first kappa shape index (κ1) is 9.82. The molecule has 0 heterocycles. The van der Waals surface area contributed by atoms with Gasteiger partial charge in [-0.1, -0.05) is 6.58 Å². The Kier molecular flexibility index (Phi) is 3.79. The van der Waals surface area contributed by atoms with E-state index in [1.165, 1.54) is 0 Å². The molecule has 5 heteroatoms. The molecule has 0 spiro atoms. The molecule has 0 aromatic carbocycles. The van der Waals surface area contributed by atoms with Crippen LogP contribution in [-0.4, -0.2) is 20.1 Å². The molecule has 0 N–H and O–H groups in total. The molecule has 10 heavy (non-hydrogen) atoms. The molecular weight excluding hydrogens is 158 g/mol. The van der Waals surface area contributed by atoms with Crippen molar-refractivity contribution < 1.29 is 18.0 Å². The monoisotopic (exact) mass is 168 g/mol. The van der Waals surface area contributed by atoms with Gasteiger partial charge in [-0.15, -0.1) is 0 Å². The molecule has 0 aliphatic carbocycles. The van der Waals surface area contributed by atoms with Crippen molar-refractivity contribution in [1.82, 2.24) is 0 Å². The number of rotatable bonds is 4. The van der Waals surface area contributed by atoms with Gasteiger partial charge in [0.05, 0.1) is 0 Å². The molecular formula is C5H10FO3P.